The molecule has 3 rings (SSSR count). The number of ether oxygens (including phenoxy) is 2. The maximum Gasteiger partial charge on any atom is 0.338 e. The van der Waals surface area contributed by atoms with Crippen LogP contribution in [0.4, 0.5) is 0 Å². The van der Waals surface area contributed by atoms with E-state index in [1.807, 2.05) is 42.5 Å². The van der Waals surface area contributed by atoms with Gasteiger partial charge in [0.15, 0.2) is 6.61 Å². The molecule has 0 saturated carbocycles. The Bertz CT molecular complexity index is 706. The molecule has 1 N–H and O–H groups in total. The van der Waals surface area contributed by atoms with E-state index in [0.29, 0.717) is 12.1 Å². The fourth-order valence-corrected chi connectivity index (χ4v) is 2.73. The van der Waals surface area contributed by atoms with E-state index in [1.54, 1.807) is 12.1 Å². The van der Waals surface area contributed by atoms with Gasteiger partial charge in [-0.25, -0.2) is 4.79 Å². The first-order valence-electron chi connectivity index (χ1n) is 8.43. The quantitative estimate of drug-likeness (QED) is 0.822. The van der Waals surface area contributed by atoms with E-state index in [2.05, 4.69) is 5.32 Å². The van der Waals surface area contributed by atoms with Crippen molar-refractivity contribution in [1.82, 2.24) is 5.32 Å². The van der Waals surface area contributed by atoms with E-state index < -0.39 is 5.97 Å². The number of esters is 1. The van der Waals surface area contributed by atoms with Gasteiger partial charge in [-0.1, -0.05) is 42.5 Å². The number of amides is 1. The second kappa shape index (κ2) is 8.44. The van der Waals surface area contributed by atoms with Crippen molar-refractivity contribution >= 4 is 11.9 Å². The summed E-state index contributed by atoms with van der Waals surface area (Å²) in [6, 6.07) is 17.0. The number of hydrogen-bond acceptors (Lipinski definition) is 4. The molecule has 2 aromatic rings. The van der Waals surface area contributed by atoms with Crippen LogP contribution in [0, 0.1) is 0 Å². The second-order valence-electron chi connectivity index (χ2n) is 5.96. The maximum absolute atomic E-state index is 12.0. The Morgan fingerprint density at radius 3 is 2.44 bits per heavy atom. The van der Waals surface area contributed by atoms with Crippen molar-refractivity contribution in [3.05, 3.63) is 60.2 Å². The fraction of sp³-hybridized carbons (Fsp3) is 0.300. The van der Waals surface area contributed by atoms with Crippen LogP contribution in [0.25, 0.3) is 11.1 Å². The van der Waals surface area contributed by atoms with Gasteiger partial charge in [0.05, 0.1) is 11.7 Å². The summed E-state index contributed by atoms with van der Waals surface area (Å²) < 4.78 is 10.5. The van der Waals surface area contributed by atoms with Crippen molar-refractivity contribution in [3.63, 3.8) is 0 Å². The third-order valence-corrected chi connectivity index (χ3v) is 4.11. The van der Waals surface area contributed by atoms with Crippen molar-refractivity contribution in [2.24, 2.45) is 0 Å². The molecule has 0 aliphatic carbocycles. The lowest BCUT2D eigenvalue weighted by atomic mass is 10.0. The number of hydrogen-bond donors (Lipinski definition) is 1. The van der Waals surface area contributed by atoms with Crippen molar-refractivity contribution in [2.45, 2.75) is 18.9 Å². The van der Waals surface area contributed by atoms with Gasteiger partial charge in [-0.05, 0) is 36.1 Å². The largest absolute Gasteiger partial charge is 0.452 e. The molecule has 1 saturated heterocycles. The minimum atomic E-state index is -0.508. The standard InChI is InChI=1S/C20H21NO4/c22-19(21-13-18-7-4-12-24-18)14-25-20(23)17-10-8-16(9-11-17)15-5-2-1-3-6-15/h1-3,5-6,8-11,18H,4,7,12-14H2,(H,21,22)/t18-/m1/s1. The first-order chi connectivity index (χ1) is 12.2. The number of carbonyl (C=O) groups excluding carboxylic acids is 2. The third-order valence-electron chi connectivity index (χ3n) is 4.11. The van der Waals surface area contributed by atoms with Gasteiger partial charge in [-0.2, -0.15) is 0 Å². The van der Waals surface area contributed by atoms with Crippen LogP contribution < -0.4 is 5.32 Å². The summed E-state index contributed by atoms with van der Waals surface area (Å²) in [4.78, 5) is 23.8. The average Bonchev–Trinajstić information content (AvgIpc) is 3.19. The zero-order chi connectivity index (χ0) is 17.5. The number of rotatable bonds is 6. The zero-order valence-corrected chi connectivity index (χ0v) is 13.9. The molecule has 5 nitrogen and oxygen atoms in total. The molecule has 1 fully saturated rings. The Hall–Kier alpha value is -2.66. The van der Waals surface area contributed by atoms with Crippen molar-refractivity contribution in [1.29, 1.82) is 0 Å². The van der Waals surface area contributed by atoms with Gasteiger partial charge in [0.25, 0.3) is 5.91 Å². The van der Waals surface area contributed by atoms with Crippen LogP contribution in [0.1, 0.15) is 23.2 Å². The van der Waals surface area contributed by atoms with Gasteiger partial charge in [-0.15, -0.1) is 0 Å². The summed E-state index contributed by atoms with van der Waals surface area (Å²) in [6.45, 7) is 0.919. The van der Waals surface area contributed by atoms with Gasteiger partial charge < -0.3 is 14.8 Å². The number of benzene rings is 2. The van der Waals surface area contributed by atoms with Gasteiger partial charge in [-0.3, -0.25) is 4.79 Å². The van der Waals surface area contributed by atoms with Crippen LogP contribution in [0.5, 0.6) is 0 Å². The predicted octanol–water partition coefficient (Wildman–Crippen LogP) is 2.81. The predicted molar refractivity (Wildman–Crippen MR) is 94.1 cm³/mol. The Morgan fingerprint density at radius 2 is 1.76 bits per heavy atom. The van der Waals surface area contributed by atoms with E-state index in [0.717, 1.165) is 30.6 Å². The highest BCUT2D eigenvalue weighted by Crippen LogP contribution is 2.19. The van der Waals surface area contributed by atoms with Crippen LogP contribution in [0.15, 0.2) is 54.6 Å². The first kappa shape index (κ1) is 17.2. The molecule has 0 unspecified atom stereocenters. The summed E-state index contributed by atoms with van der Waals surface area (Å²) in [5.41, 5.74) is 2.52. The highest BCUT2D eigenvalue weighted by molar-refractivity contribution is 5.91. The van der Waals surface area contributed by atoms with Crippen LogP contribution in [0.3, 0.4) is 0 Å². The molecule has 1 heterocycles. The van der Waals surface area contributed by atoms with Gasteiger partial charge in [0.2, 0.25) is 0 Å². The fourth-order valence-electron chi connectivity index (χ4n) is 2.73. The molecule has 5 heteroatoms. The lowest BCUT2D eigenvalue weighted by Crippen LogP contribution is -2.34. The second-order valence-corrected chi connectivity index (χ2v) is 5.96. The Kier molecular flexibility index (Phi) is 5.80. The third kappa shape index (κ3) is 4.90. The lowest BCUT2D eigenvalue weighted by Gasteiger charge is -2.11. The molecule has 0 bridgehead atoms. The van der Waals surface area contributed by atoms with Crippen LogP contribution in [0.2, 0.25) is 0 Å². The Morgan fingerprint density at radius 1 is 1.04 bits per heavy atom. The molecule has 25 heavy (non-hydrogen) atoms. The van der Waals surface area contributed by atoms with E-state index >= 15 is 0 Å². The number of nitrogens with one attached hydrogen (secondary N) is 1. The number of carbonyl (C=O) groups is 2. The topological polar surface area (TPSA) is 64.6 Å². The van der Waals surface area contributed by atoms with E-state index in [4.69, 9.17) is 9.47 Å². The lowest BCUT2D eigenvalue weighted by molar-refractivity contribution is -0.124. The Labute approximate surface area is 147 Å². The van der Waals surface area contributed by atoms with Gasteiger partial charge in [0.1, 0.15) is 0 Å². The zero-order valence-electron chi connectivity index (χ0n) is 13.9. The highest BCUT2D eigenvalue weighted by Gasteiger charge is 2.17. The van der Waals surface area contributed by atoms with E-state index in [9.17, 15) is 9.59 Å². The molecule has 130 valence electrons. The van der Waals surface area contributed by atoms with E-state index in [1.165, 1.54) is 0 Å². The minimum Gasteiger partial charge on any atom is -0.452 e. The molecule has 0 spiro atoms. The first-order valence-corrected chi connectivity index (χ1v) is 8.43. The highest BCUT2D eigenvalue weighted by atomic mass is 16.5. The van der Waals surface area contributed by atoms with Crippen LogP contribution in [-0.2, 0) is 14.3 Å². The summed E-state index contributed by atoms with van der Waals surface area (Å²) in [7, 11) is 0. The molecule has 1 aliphatic heterocycles. The monoisotopic (exact) mass is 339 g/mol. The molecule has 1 aliphatic rings. The summed E-state index contributed by atoms with van der Waals surface area (Å²) in [5, 5.41) is 2.72. The van der Waals surface area contributed by atoms with Crippen molar-refractivity contribution < 1.29 is 19.1 Å². The molecule has 1 atom stereocenters. The maximum atomic E-state index is 12.0. The summed E-state index contributed by atoms with van der Waals surface area (Å²) in [6.07, 6.45) is 2.05. The average molecular weight is 339 g/mol. The SMILES string of the molecule is O=C(COC(=O)c1ccc(-c2ccccc2)cc1)NC[C@H]1CCCO1. The Balaban J connectivity index is 1.47. The van der Waals surface area contributed by atoms with Gasteiger partial charge in [0, 0.05) is 13.2 Å². The normalized spacial score (nSPS) is 16.4. The summed E-state index contributed by atoms with van der Waals surface area (Å²) in [5.74, 6) is -0.823. The summed E-state index contributed by atoms with van der Waals surface area (Å²) >= 11 is 0. The van der Waals surface area contributed by atoms with Crippen molar-refractivity contribution in [3.8, 4) is 11.1 Å². The molecule has 2 aromatic carbocycles. The van der Waals surface area contributed by atoms with Crippen molar-refractivity contribution in [2.75, 3.05) is 19.8 Å². The van der Waals surface area contributed by atoms with Gasteiger partial charge >= 0.3 is 5.97 Å². The minimum absolute atomic E-state index is 0.0742. The molecule has 0 aromatic heterocycles. The molecular weight excluding hydrogens is 318 g/mol. The smallest absolute Gasteiger partial charge is 0.338 e. The van der Waals surface area contributed by atoms with E-state index in [-0.39, 0.29) is 18.6 Å². The van der Waals surface area contributed by atoms with Crippen LogP contribution in [-0.4, -0.2) is 37.7 Å². The van der Waals surface area contributed by atoms with Crippen LogP contribution >= 0.6 is 0 Å². The molecule has 0 radical (unpaired) electrons. The molecular formula is C20H21NO4. The molecule has 1 amide bonds.